The van der Waals surface area contributed by atoms with Crippen molar-refractivity contribution in [2.75, 3.05) is 39.9 Å². The molecule has 26 heavy (non-hydrogen) atoms. The lowest BCUT2D eigenvalue weighted by atomic mass is 9.95. The Balaban J connectivity index is 3.77. The van der Waals surface area contributed by atoms with Gasteiger partial charge in [-0.3, -0.25) is 0 Å². The van der Waals surface area contributed by atoms with Crippen LogP contribution in [0.3, 0.4) is 0 Å². The molecule has 2 atom stereocenters. The number of nitrogen functional groups attached to an aromatic ring is 2. The molecule has 0 aliphatic carbocycles. The second-order valence-electron chi connectivity index (χ2n) is 6.84. The summed E-state index contributed by atoms with van der Waals surface area (Å²) in [5.41, 5.74) is 16.6. The van der Waals surface area contributed by atoms with Crippen molar-refractivity contribution in [3.05, 3.63) is 23.3 Å². The fraction of sp³-hybridized carbons (Fsp3) is 0.667. The van der Waals surface area contributed by atoms with Gasteiger partial charge in [0.2, 0.25) is 0 Å². The maximum atomic E-state index is 6.48. The number of hydrogen-bond donors (Lipinski definition) is 2. The van der Waals surface area contributed by atoms with Gasteiger partial charge in [0.05, 0.1) is 0 Å². The largest absolute Gasteiger partial charge is 0.398 e. The summed E-state index contributed by atoms with van der Waals surface area (Å²) in [6.07, 6.45) is 1.69. The number of rotatable bonds is 10. The van der Waals surface area contributed by atoms with Crippen molar-refractivity contribution in [1.82, 2.24) is 0 Å². The summed E-state index contributed by atoms with van der Waals surface area (Å²) in [5.74, 6) is 0. The van der Waals surface area contributed by atoms with Crippen molar-refractivity contribution in [3.8, 4) is 0 Å². The zero-order valence-electron chi connectivity index (χ0n) is 17.5. The Hall–Kier alpha value is -0.906. The second-order valence-corrected chi connectivity index (χ2v) is 13.9. The number of hydrogen-bond acceptors (Lipinski definition) is 6. The Morgan fingerprint density at radius 2 is 1.00 bits per heavy atom. The van der Waals surface area contributed by atoms with E-state index >= 15 is 0 Å². The first-order valence-electron chi connectivity index (χ1n) is 9.07. The van der Waals surface area contributed by atoms with E-state index in [9.17, 15) is 0 Å². The third kappa shape index (κ3) is 4.15. The second kappa shape index (κ2) is 9.34. The zero-order chi connectivity index (χ0) is 20.1. The van der Waals surface area contributed by atoms with Gasteiger partial charge in [0, 0.05) is 50.9 Å². The first-order chi connectivity index (χ1) is 12.2. The number of anilines is 2. The minimum Gasteiger partial charge on any atom is -0.398 e. The Kier molecular flexibility index (Phi) is 8.31. The molecule has 1 rings (SSSR count). The molecule has 150 valence electrons. The molecule has 0 aliphatic heterocycles. The van der Waals surface area contributed by atoms with E-state index in [1.165, 1.54) is 0 Å². The van der Waals surface area contributed by atoms with E-state index in [2.05, 4.69) is 26.9 Å². The molecule has 0 heterocycles. The molecule has 0 amide bonds. The third-order valence-electron chi connectivity index (χ3n) is 5.76. The lowest BCUT2D eigenvalue weighted by Crippen LogP contribution is -2.47. The highest BCUT2D eigenvalue weighted by molar-refractivity contribution is 6.68. The van der Waals surface area contributed by atoms with Crippen LogP contribution in [0.5, 0.6) is 0 Å². The molecule has 0 saturated carbocycles. The van der Waals surface area contributed by atoms with Gasteiger partial charge < -0.3 is 29.2 Å². The Labute approximate surface area is 160 Å². The molecule has 8 heteroatoms. The molecule has 4 N–H and O–H groups in total. The van der Waals surface area contributed by atoms with E-state index in [1.54, 1.807) is 28.4 Å². The van der Waals surface area contributed by atoms with Gasteiger partial charge in [-0.05, 0) is 49.2 Å². The van der Waals surface area contributed by atoms with Gasteiger partial charge in [-0.1, -0.05) is 13.8 Å². The molecular formula is C18H36N2O4Si2. The zero-order valence-corrected chi connectivity index (χ0v) is 19.5. The lowest BCUT2D eigenvalue weighted by molar-refractivity contribution is 0.232. The SMILES string of the molecule is CCC(c1c(N)ccc(N)c1C(CC)[Si](C)(OC)OC)[Si](C)(OC)OC. The smallest absolute Gasteiger partial charge is 0.342 e. The van der Waals surface area contributed by atoms with E-state index in [0.29, 0.717) is 0 Å². The fourth-order valence-corrected chi connectivity index (χ4v) is 8.51. The average molecular weight is 401 g/mol. The predicted molar refractivity (Wildman–Crippen MR) is 113 cm³/mol. The summed E-state index contributed by atoms with van der Waals surface area (Å²) in [6, 6.07) is 3.75. The summed E-state index contributed by atoms with van der Waals surface area (Å²) in [7, 11) is 1.85. The normalized spacial score (nSPS) is 15.1. The monoisotopic (exact) mass is 400 g/mol. The number of benzene rings is 1. The van der Waals surface area contributed by atoms with Gasteiger partial charge >= 0.3 is 17.1 Å². The quantitative estimate of drug-likeness (QED) is 0.460. The highest BCUT2D eigenvalue weighted by Gasteiger charge is 2.46. The minimum absolute atomic E-state index is 0.0528. The van der Waals surface area contributed by atoms with Crippen LogP contribution < -0.4 is 11.5 Å². The van der Waals surface area contributed by atoms with Crippen molar-refractivity contribution < 1.29 is 17.7 Å². The van der Waals surface area contributed by atoms with Crippen LogP contribution in [0.2, 0.25) is 13.1 Å². The van der Waals surface area contributed by atoms with Gasteiger partial charge in [-0.25, -0.2) is 0 Å². The first kappa shape index (κ1) is 23.1. The molecule has 0 saturated heterocycles. The van der Waals surface area contributed by atoms with Crippen molar-refractivity contribution >= 4 is 28.5 Å². The fourth-order valence-electron chi connectivity index (χ4n) is 3.86. The van der Waals surface area contributed by atoms with Crippen LogP contribution in [0.4, 0.5) is 11.4 Å². The lowest BCUT2D eigenvalue weighted by Gasteiger charge is -2.38. The van der Waals surface area contributed by atoms with Crippen molar-refractivity contribution in [1.29, 1.82) is 0 Å². The van der Waals surface area contributed by atoms with Crippen molar-refractivity contribution in [3.63, 3.8) is 0 Å². The van der Waals surface area contributed by atoms with E-state index < -0.39 is 17.1 Å². The molecule has 6 nitrogen and oxygen atoms in total. The molecule has 0 spiro atoms. The molecule has 1 aromatic carbocycles. The topological polar surface area (TPSA) is 89.0 Å². The maximum Gasteiger partial charge on any atom is 0.342 e. The van der Waals surface area contributed by atoms with Crippen LogP contribution >= 0.6 is 0 Å². The van der Waals surface area contributed by atoms with Crippen LogP contribution in [0.15, 0.2) is 12.1 Å². The van der Waals surface area contributed by atoms with E-state index in [0.717, 1.165) is 35.3 Å². The molecule has 0 fully saturated rings. The third-order valence-corrected chi connectivity index (χ3v) is 12.9. The Bertz CT molecular complexity index is 542. The van der Waals surface area contributed by atoms with Gasteiger partial charge in [0.1, 0.15) is 0 Å². The van der Waals surface area contributed by atoms with Gasteiger partial charge in [0.25, 0.3) is 0 Å². The van der Waals surface area contributed by atoms with Crippen LogP contribution in [0, 0.1) is 0 Å². The highest BCUT2D eigenvalue weighted by Crippen LogP contribution is 2.45. The van der Waals surface area contributed by atoms with Crippen LogP contribution in [-0.4, -0.2) is 45.6 Å². The van der Waals surface area contributed by atoms with E-state index in [1.807, 2.05) is 12.1 Å². The summed E-state index contributed by atoms with van der Waals surface area (Å²) >= 11 is 0. The van der Waals surface area contributed by atoms with E-state index in [4.69, 9.17) is 29.2 Å². The van der Waals surface area contributed by atoms with Crippen LogP contribution in [0.25, 0.3) is 0 Å². The molecule has 0 bridgehead atoms. The standard InChI is InChI=1S/C18H36N2O4Si2/c1-9-15(25(7,21-3)22-4)17-13(19)11-12-14(20)18(17)16(10-2)26(8,23-5)24-6/h11-12,15-16H,9-10,19-20H2,1-8H3. The molecule has 2 unspecified atom stereocenters. The molecule has 0 radical (unpaired) electrons. The van der Waals surface area contributed by atoms with Gasteiger partial charge in [-0.2, -0.15) is 0 Å². The predicted octanol–water partition coefficient (Wildman–Crippen LogP) is 3.65. The summed E-state index contributed by atoms with van der Waals surface area (Å²) < 4.78 is 23.5. The Morgan fingerprint density at radius 1 is 0.731 bits per heavy atom. The number of nitrogens with two attached hydrogens (primary N) is 2. The minimum atomic E-state index is -2.49. The highest BCUT2D eigenvalue weighted by atomic mass is 28.4. The van der Waals surface area contributed by atoms with Crippen molar-refractivity contribution in [2.45, 2.75) is 50.9 Å². The van der Waals surface area contributed by atoms with Gasteiger partial charge in [-0.15, -0.1) is 0 Å². The summed E-state index contributed by atoms with van der Waals surface area (Å²) in [5, 5.41) is 0. The van der Waals surface area contributed by atoms with Crippen LogP contribution in [-0.2, 0) is 17.7 Å². The molecule has 0 aromatic heterocycles. The van der Waals surface area contributed by atoms with Crippen LogP contribution in [0.1, 0.15) is 48.9 Å². The molecule has 1 aromatic rings. The van der Waals surface area contributed by atoms with Gasteiger partial charge in [0.15, 0.2) is 0 Å². The summed E-state index contributed by atoms with van der Waals surface area (Å²) in [6.45, 7) is 8.39. The average Bonchev–Trinajstić information content (AvgIpc) is 2.66. The van der Waals surface area contributed by atoms with Crippen molar-refractivity contribution in [2.24, 2.45) is 0 Å². The Morgan fingerprint density at radius 3 is 1.19 bits per heavy atom. The maximum absolute atomic E-state index is 6.48. The first-order valence-corrected chi connectivity index (χ1v) is 13.9. The van der Waals surface area contributed by atoms with E-state index in [-0.39, 0.29) is 11.1 Å². The molecular weight excluding hydrogens is 364 g/mol. The molecule has 0 aliphatic rings. The summed E-state index contributed by atoms with van der Waals surface area (Å²) in [4.78, 5) is 0.